The average Bonchev–Trinajstić information content (AvgIpc) is 2.45. The summed E-state index contributed by atoms with van der Waals surface area (Å²) in [5.74, 6) is -0.477. The van der Waals surface area contributed by atoms with Gasteiger partial charge in [-0.15, -0.1) is 11.3 Å². The van der Waals surface area contributed by atoms with Gasteiger partial charge in [-0.05, 0) is 19.1 Å². The van der Waals surface area contributed by atoms with Crippen molar-refractivity contribution in [3.8, 4) is 0 Å². The monoisotopic (exact) mass is 200 g/mol. The van der Waals surface area contributed by atoms with E-state index in [2.05, 4.69) is 5.48 Å². The lowest BCUT2D eigenvalue weighted by atomic mass is 10.4. The van der Waals surface area contributed by atoms with Gasteiger partial charge in [-0.3, -0.25) is 9.63 Å². The molecular weight excluding hydrogens is 188 g/mol. The van der Waals surface area contributed by atoms with E-state index in [4.69, 9.17) is 10.6 Å². The third-order valence-corrected chi connectivity index (χ3v) is 2.36. The Balaban J connectivity index is 2.16. The van der Waals surface area contributed by atoms with E-state index in [1.807, 2.05) is 19.1 Å². The molecule has 0 aliphatic carbocycles. The molecule has 0 bridgehead atoms. The number of hydrogen-bond acceptors (Lipinski definition) is 4. The van der Waals surface area contributed by atoms with E-state index >= 15 is 0 Å². The fraction of sp³-hybridized carbons (Fsp3) is 0.375. The van der Waals surface area contributed by atoms with Crippen LogP contribution in [0.15, 0.2) is 12.1 Å². The Hall–Kier alpha value is -0.910. The molecule has 1 aromatic rings. The van der Waals surface area contributed by atoms with Gasteiger partial charge < -0.3 is 5.73 Å². The molecule has 0 atom stereocenters. The van der Waals surface area contributed by atoms with Crippen LogP contribution in [0.4, 0.5) is 0 Å². The van der Waals surface area contributed by atoms with Gasteiger partial charge in [-0.1, -0.05) is 0 Å². The predicted octanol–water partition coefficient (Wildman–Crippen LogP) is 0.563. The van der Waals surface area contributed by atoms with Crippen molar-refractivity contribution in [2.45, 2.75) is 13.5 Å². The zero-order valence-corrected chi connectivity index (χ0v) is 8.19. The van der Waals surface area contributed by atoms with Gasteiger partial charge in [0.05, 0.1) is 6.54 Å². The van der Waals surface area contributed by atoms with Crippen LogP contribution in [0.2, 0.25) is 0 Å². The quantitative estimate of drug-likeness (QED) is 0.539. The van der Waals surface area contributed by atoms with Gasteiger partial charge in [0.2, 0.25) is 5.91 Å². The van der Waals surface area contributed by atoms with Crippen LogP contribution in [0.1, 0.15) is 9.75 Å². The second kappa shape index (κ2) is 4.96. The van der Waals surface area contributed by atoms with Crippen LogP contribution >= 0.6 is 11.3 Å². The minimum absolute atomic E-state index is 0.0929. The summed E-state index contributed by atoms with van der Waals surface area (Å²) in [5, 5.41) is 0. The van der Waals surface area contributed by atoms with Gasteiger partial charge in [0, 0.05) is 9.75 Å². The smallest absolute Gasteiger partial charge is 0.245 e. The molecule has 5 heteroatoms. The number of thiophene rings is 1. The molecule has 0 aromatic carbocycles. The second-order valence-electron chi connectivity index (χ2n) is 2.59. The Bertz CT molecular complexity index is 285. The van der Waals surface area contributed by atoms with Crippen LogP contribution in [0.25, 0.3) is 0 Å². The highest BCUT2D eigenvalue weighted by molar-refractivity contribution is 7.11. The first-order valence-electron chi connectivity index (χ1n) is 3.87. The van der Waals surface area contributed by atoms with Crippen LogP contribution in [-0.2, 0) is 16.2 Å². The largest absolute Gasteiger partial charge is 0.368 e. The van der Waals surface area contributed by atoms with Crippen molar-refractivity contribution < 1.29 is 9.63 Å². The van der Waals surface area contributed by atoms with Crippen LogP contribution in [0.5, 0.6) is 0 Å². The van der Waals surface area contributed by atoms with E-state index in [-0.39, 0.29) is 6.61 Å². The highest BCUT2D eigenvalue weighted by atomic mass is 32.1. The number of nitrogens with one attached hydrogen (secondary N) is 1. The topological polar surface area (TPSA) is 64.3 Å². The normalized spacial score (nSPS) is 10.2. The third-order valence-electron chi connectivity index (χ3n) is 1.36. The van der Waals surface area contributed by atoms with E-state index < -0.39 is 5.91 Å². The van der Waals surface area contributed by atoms with Crippen LogP contribution in [0, 0.1) is 6.92 Å². The van der Waals surface area contributed by atoms with Crippen molar-refractivity contribution in [2.75, 3.05) is 6.61 Å². The van der Waals surface area contributed by atoms with Crippen LogP contribution in [-0.4, -0.2) is 12.5 Å². The first-order chi connectivity index (χ1) is 6.18. The summed E-state index contributed by atoms with van der Waals surface area (Å²) < 4.78 is 0. The van der Waals surface area contributed by atoms with Gasteiger partial charge in [-0.25, -0.2) is 0 Å². The minimum Gasteiger partial charge on any atom is -0.368 e. The highest BCUT2D eigenvalue weighted by Crippen LogP contribution is 2.14. The maximum Gasteiger partial charge on any atom is 0.245 e. The van der Waals surface area contributed by atoms with Crippen LogP contribution in [0.3, 0.4) is 0 Å². The lowest BCUT2D eigenvalue weighted by molar-refractivity contribution is -0.125. The minimum atomic E-state index is -0.477. The van der Waals surface area contributed by atoms with Crippen molar-refractivity contribution in [3.63, 3.8) is 0 Å². The molecule has 0 aliphatic heterocycles. The lowest BCUT2D eigenvalue weighted by Crippen LogP contribution is -2.24. The Morgan fingerprint density at radius 3 is 3.00 bits per heavy atom. The van der Waals surface area contributed by atoms with Gasteiger partial charge in [0.25, 0.3) is 0 Å². The van der Waals surface area contributed by atoms with E-state index in [0.29, 0.717) is 6.54 Å². The Morgan fingerprint density at radius 2 is 2.46 bits per heavy atom. The number of primary amides is 1. The fourth-order valence-corrected chi connectivity index (χ4v) is 1.64. The molecule has 1 amide bonds. The number of hydrogen-bond donors (Lipinski definition) is 2. The first-order valence-corrected chi connectivity index (χ1v) is 4.68. The molecule has 0 aliphatic rings. The summed E-state index contributed by atoms with van der Waals surface area (Å²) in [7, 11) is 0. The highest BCUT2D eigenvalue weighted by Gasteiger charge is 1.97. The van der Waals surface area contributed by atoms with Crippen molar-refractivity contribution in [2.24, 2.45) is 5.73 Å². The molecule has 0 saturated heterocycles. The maximum absolute atomic E-state index is 10.3. The number of carbonyl (C=O) groups is 1. The predicted molar refractivity (Wildman–Crippen MR) is 51.0 cm³/mol. The van der Waals surface area contributed by atoms with E-state index in [1.165, 1.54) is 9.75 Å². The Kier molecular flexibility index (Phi) is 3.88. The molecule has 1 aromatic heterocycles. The molecule has 13 heavy (non-hydrogen) atoms. The molecule has 0 spiro atoms. The van der Waals surface area contributed by atoms with Crippen molar-refractivity contribution in [1.82, 2.24) is 5.48 Å². The third kappa shape index (κ3) is 4.02. The summed E-state index contributed by atoms with van der Waals surface area (Å²) in [5.41, 5.74) is 7.53. The van der Waals surface area contributed by atoms with Gasteiger partial charge >= 0.3 is 0 Å². The molecule has 1 heterocycles. The SMILES string of the molecule is Cc1ccc(CNOCC(N)=O)s1. The number of rotatable bonds is 5. The van der Waals surface area contributed by atoms with E-state index in [9.17, 15) is 4.79 Å². The zero-order chi connectivity index (χ0) is 9.68. The molecular formula is C8H12N2O2S. The second-order valence-corrected chi connectivity index (χ2v) is 3.96. The Labute approximate surface area is 80.7 Å². The summed E-state index contributed by atoms with van der Waals surface area (Å²) >= 11 is 1.69. The molecule has 0 fully saturated rings. The van der Waals surface area contributed by atoms with Crippen molar-refractivity contribution in [3.05, 3.63) is 21.9 Å². The van der Waals surface area contributed by atoms with Crippen molar-refractivity contribution >= 4 is 17.2 Å². The molecule has 0 unspecified atom stereocenters. The molecule has 1 rings (SSSR count). The standard InChI is InChI=1S/C8H12N2O2S/c1-6-2-3-7(13-6)4-10-12-5-8(9)11/h2-3,10H,4-5H2,1H3,(H2,9,11). The van der Waals surface area contributed by atoms with E-state index in [0.717, 1.165) is 0 Å². The fourth-order valence-electron chi connectivity index (χ4n) is 0.824. The number of amides is 1. The summed E-state index contributed by atoms with van der Waals surface area (Å²) in [4.78, 5) is 17.5. The maximum atomic E-state index is 10.3. The van der Waals surface area contributed by atoms with Gasteiger partial charge in [-0.2, -0.15) is 5.48 Å². The van der Waals surface area contributed by atoms with E-state index in [1.54, 1.807) is 11.3 Å². The summed E-state index contributed by atoms with van der Waals surface area (Å²) in [6, 6.07) is 4.05. The van der Waals surface area contributed by atoms with Gasteiger partial charge in [0.15, 0.2) is 0 Å². The zero-order valence-electron chi connectivity index (χ0n) is 7.37. The molecule has 0 saturated carbocycles. The number of nitrogens with two attached hydrogens (primary N) is 1. The number of carbonyl (C=O) groups excluding carboxylic acids is 1. The molecule has 4 nitrogen and oxygen atoms in total. The molecule has 72 valence electrons. The summed E-state index contributed by atoms with van der Waals surface area (Å²) in [6.07, 6.45) is 0. The first kappa shape index (κ1) is 10.2. The Morgan fingerprint density at radius 1 is 1.69 bits per heavy atom. The summed E-state index contributed by atoms with van der Waals surface area (Å²) in [6.45, 7) is 2.55. The van der Waals surface area contributed by atoms with Crippen molar-refractivity contribution in [1.29, 1.82) is 0 Å². The molecule has 3 N–H and O–H groups in total. The lowest BCUT2D eigenvalue weighted by Gasteiger charge is -2.00. The number of hydroxylamine groups is 1. The van der Waals surface area contributed by atoms with Crippen LogP contribution < -0.4 is 11.2 Å². The molecule has 0 radical (unpaired) electrons. The number of aryl methyl sites for hydroxylation is 1. The average molecular weight is 200 g/mol. The van der Waals surface area contributed by atoms with Gasteiger partial charge in [0.1, 0.15) is 6.61 Å².